The van der Waals surface area contributed by atoms with Crippen LogP contribution in [-0.4, -0.2) is 57.2 Å². The predicted molar refractivity (Wildman–Crippen MR) is 184 cm³/mol. The second-order valence-corrected chi connectivity index (χ2v) is 11.4. The molecule has 0 radical (unpaired) electrons. The number of nitrogens with two attached hydrogens (primary N) is 1. The first-order valence-corrected chi connectivity index (χ1v) is 16.5. The van der Waals surface area contributed by atoms with Crippen LogP contribution in [0.3, 0.4) is 0 Å². The Morgan fingerprint density at radius 1 is 1.00 bits per heavy atom. The standard InChI is InChI=1S/C25H38N4O3.C7H7F.C3H8.CH5N/c1-3-7-21-15-27-18(2)17-32-23-10-5-4-8-20(23)9-6-13-26-25(31)22(14-19-11-12-19)29-24(30)16-28-21;1-6-3-2-4-7(8)5-6;1-3-2;1-2/h4-5,7-8,10,18-19,22,27-28H,3,6,9,11-17H2,1-2H3,(H,26,31)(H,29,30);2-5H,1H3;3H2,1-2H3;2H2,1H3/t18-,22?;;;/m0.../s1. The van der Waals surface area contributed by atoms with Gasteiger partial charge in [-0.3, -0.25) is 9.59 Å². The van der Waals surface area contributed by atoms with E-state index >= 15 is 0 Å². The second kappa shape index (κ2) is 23.9. The first-order valence-electron chi connectivity index (χ1n) is 16.5. The molecule has 1 fully saturated rings. The Balaban J connectivity index is 0.000000653. The van der Waals surface area contributed by atoms with Crippen molar-refractivity contribution in [1.29, 1.82) is 0 Å². The molecule has 2 atom stereocenters. The fourth-order valence-electron chi connectivity index (χ4n) is 4.44. The third-order valence-electron chi connectivity index (χ3n) is 6.85. The number of amides is 2. The van der Waals surface area contributed by atoms with Gasteiger partial charge in [-0.1, -0.05) is 76.4 Å². The predicted octanol–water partition coefficient (Wildman–Crippen LogP) is 5.40. The van der Waals surface area contributed by atoms with E-state index in [9.17, 15) is 14.0 Å². The number of nitrogens with one attached hydrogen (secondary N) is 4. The Morgan fingerprint density at radius 3 is 2.33 bits per heavy atom. The lowest BCUT2D eigenvalue weighted by molar-refractivity contribution is -0.128. The van der Waals surface area contributed by atoms with Crippen molar-refractivity contribution in [1.82, 2.24) is 21.3 Å². The molecule has 0 aromatic heterocycles. The first kappa shape index (κ1) is 39.6. The van der Waals surface area contributed by atoms with Crippen molar-refractivity contribution in [3.8, 4) is 5.75 Å². The van der Waals surface area contributed by atoms with Gasteiger partial charge in [-0.15, -0.1) is 0 Å². The van der Waals surface area contributed by atoms with Crippen molar-refractivity contribution in [2.75, 3.05) is 33.3 Å². The smallest absolute Gasteiger partial charge is 0.242 e. The maximum atomic E-state index is 12.8. The fraction of sp³-hybridized carbons (Fsp3) is 0.556. The fourth-order valence-corrected chi connectivity index (χ4v) is 4.44. The van der Waals surface area contributed by atoms with Crippen LogP contribution in [0, 0.1) is 18.7 Å². The number of aryl methyl sites for hydroxylation is 2. The number of hydrogen-bond acceptors (Lipinski definition) is 6. The van der Waals surface area contributed by atoms with Gasteiger partial charge in [-0.2, -0.15) is 0 Å². The normalized spacial score (nSPS) is 20.2. The monoisotopic (exact) mass is 627 g/mol. The Kier molecular flexibility index (Phi) is 21.0. The lowest BCUT2D eigenvalue weighted by Crippen LogP contribution is -2.49. The number of benzene rings is 2. The molecule has 45 heavy (non-hydrogen) atoms. The summed E-state index contributed by atoms with van der Waals surface area (Å²) < 4.78 is 18.3. The van der Waals surface area contributed by atoms with Crippen molar-refractivity contribution in [3.63, 3.8) is 0 Å². The van der Waals surface area contributed by atoms with E-state index in [1.54, 1.807) is 6.07 Å². The Bertz CT molecular complexity index is 1120. The molecular formula is C36H58FN5O3. The van der Waals surface area contributed by atoms with E-state index in [4.69, 9.17) is 4.74 Å². The number of para-hydroxylation sites is 1. The van der Waals surface area contributed by atoms with E-state index in [2.05, 4.69) is 66.8 Å². The summed E-state index contributed by atoms with van der Waals surface area (Å²) in [5.41, 5.74) is 7.58. The molecule has 1 saturated carbocycles. The van der Waals surface area contributed by atoms with E-state index in [1.165, 1.54) is 25.6 Å². The number of carbonyl (C=O) groups excluding carboxylic acids is 2. The summed E-state index contributed by atoms with van der Waals surface area (Å²) >= 11 is 0. The highest BCUT2D eigenvalue weighted by molar-refractivity contribution is 5.88. The lowest BCUT2D eigenvalue weighted by atomic mass is 10.1. The molecule has 9 heteroatoms. The van der Waals surface area contributed by atoms with E-state index in [0.717, 1.165) is 54.7 Å². The summed E-state index contributed by atoms with van der Waals surface area (Å²) in [6.45, 7) is 12.2. The van der Waals surface area contributed by atoms with Crippen LogP contribution in [-0.2, 0) is 16.0 Å². The molecule has 1 aliphatic heterocycles. The van der Waals surface area contributed by atoms with Gasteiger partial charge >= 0.3 is 0 Å². The maximum absolute atomic E-state index is 12.8. The number of carbonyl (C=O) groups is 2. The average Bonchev–Trinajstić information content (AvgIpc) is 3.85. The summed E-state index contributed by atoms with van der Waals surface area (Å²) in [7, 11) is 1.50. The van der Waals surface area contributed by atoms with Gasteiger partial charge in [0.05, 0.1) is 6.54 Å². The van der Waals surface area contributed by atoms with Gasteiger partial charge in [-0.25, -0.2) is 4.39 Å². The molecule has 2 aromatic rings. The van der Waals surface area contributed by atoms with E-state index in [0.29, 0.717) is 32.0 Å². The number of ether oxygens (including phenoxy) is 1. The molecule has 4 rings (SSSR count). The van der Waals surface area contributed by atoms with Gasteiger partial charge in [0.2, 0.25) is 11.8 Å². The molecule has 1 heterocycles. The molecule has 0 saturated heterocycles. The van der Waals surface area contributed by atoms with Crippen molar-refractivity contribution in [2.24, 2.45) is 11.7 Å². The minimum Gasteiger partial charge on any atom is -0.492 e. The Morgan fingerprint density at radius 2 is 1.71 bits per heavy atom. The molecular weight excluding hydrogens is 569 g/mol. The summed E-state index contributed by atoms with van der Waals surface area (Å²) in [6, 6.07) is 14.3. The third-order valence-corrected chi connectivity index (χ3v) is 6.85. The van der Waals surface area contributed by atoms with Crippen LogP contribution in [0.4, 0.5) is 4.39 Å². The molecule has 252 valence electrons. The van der Waals surface area contributed by atoms with Gasteiger partial charge in [0, 0.05) is 24.8 Å². The topological polar surface area (TPSA) is 118 Å². The summed E-state index contributed by atoms with van der Waals surface area (Å²) in [6.07, 6.45) is 8.84. The van der Waals surface area contributed by atoms with Crippen LogP contribution < -0.4 is 31.7 Å². The van der Waals surface area contributed by atoms with Gasteiger partial charge in [0.1, 0.15) is 24.2 Å². The molecule has 2 aromatic carbocycles. The zero-order chi connectivity index (χ0) is 33.5. The van der Waals surface area contributed by atoms with Crippen molar-refractivity contribution >= 4 is 11.8 Å². The number of halogens is 1. The molecule has 1 unspecified atom stereocenters. The summed E-state index contributed by atoms with van der Waals surface area (Å²) in [4.78, 5) is 25.3. The number of allylic oxidation sites excluding steroid dienone is 1. The van der Waals surface area contributed by atoms with Crippen LogP contribution in [0.2, 0.25) is 0 Å². The minimum absolute atomic E-state index is 0.0873. The molecule has 6 N–H and O–H groups in total. The molecule has 8 nitrogen and oxygen atoms in total. The quantitative estimate of drug-likeness (QED) is 0.311. The van der Waals surface area contributed by atoms with Gasteiger partial charge in [0.25, 0.3) is 0 Å². The molecule has 0 spiro atoms. The maximum Gasteiger partial charge on any atom is 0.242 e. The van der Waals surface area contributed by atoms with Crippen LogP contribution in [0.1, 0.15) is 77.3 Å². The van der Waals surface area contributed by atoms with E-state index in [-0.39, 0.29) is 30.2 Å². The van der Waals surface area contributed by atoms with Crippen LogP contribution in [0.15, 0.2) is 60.3 Å². The average molecular weight is 628 g/mol. The van der Waals surface area contributed by atoms with Crippen LogP contribution >= 0.6 is 0 Å². The third kappa shape index (κ3) is 18.2. The Hall–Kier alpha value is -3.43. The van der Waals surface area contributed by atoms with Gasteiger partial charge in [0.15, 0.2) is 0 Å². The number of hydrogen-bond donors (Lipinski definition) is 5. The summed E-state index contributed by atoms with van der Waals surface area (Å²) in [5.74, 6) is 1.04. The first-order chi connectivity index (χ1) is 21.7. The number of rotatable bonds is 3. The second-order valence-electron chi connectivity index (χ2n) is 11.4. The van der Waals surface area contributed by atoms with Crippen LogP contribution in [0.5, 0.6) is 5.75 Å². The highest BCUT2D eigenvalue weighted by Crippen LogP contribution is 2.33. The molecule has 1 aliphatic carbocycles. The SMILES string of the molecule is CCC.CCC=C1CN[C@@H](C)COc2ccccc2CCCNC(=O)C(CC2CC2)NC(=O)CN1.CN.Cc1cccc(F)c1. The van der Waals surface area contributed by atoms with E-state index in [1.807, 2.05) is 31.2 Å². The van der Waals surface area contributed by atoms with Crippen molar-refractivity contribution in [3.05, 3.63) is 77.2 Å². The van der Waals surface area contributed by atoms with Crippen molar-refractivity contribution < 1.29 is 18.7 Å². The largest absolute Gasteiger partial charge is 0.492 e. The van der Waals surface area contributed by atoms with Gasteiger partial charge < -0.3 is 31.7 Å². The lowest BCUT2D eigenvalue weighted by Gasteiger charge is -2.21. The molecule has 2 aliphatic rings. The highest BCUT2D eigenvalue weighted by atomic mass is 19.1. The molecule has 2 amide bonds. The van der Waals surface area contributed by atoms with Crippen LogP contribution in [0.25, 0.3) is 0 Å². The zero-order valence-electron chi connectivity index (χ0n) is 28.4. The Labute approximate surface area is 271 Å². The molecule has 0 bridgehead atoms. The number of fused-ring (bicyclic) bond motifs is 1. The minimum atomic E-state index is -0.469. The van der Waals surface area contributed by atoms with Gasteiger partial charge in [-0.05, 0) is 81.8 Å². The van der Waals surface area contributed by atoms with Crippen molar-refractivity contribution in [2.45, 2.75) is 91.6 Å². The van der Waals surface area contributed by atoms with E-state index < -0.39 is 6.04 Å². The summed E-state index contributed by atoms with van der Waals surface area (Å²) in [5, 5.41) is 12.7. The highest BCUT2D eigenvalue weighted by Gasteiger charge is 2.30. The zero-order valence-corrected chi connectivity index (χ0v) is 28.4.